The van der Waals surface area contributed by atoms with Gasteiger partial charge >= 0.3 is 12.0 Å². The molecule has 1 aromatic carbocycles. The summed E-state index contributed by atoms with van der Waals surface area (Å²) < 4.78 is 0. The second kappa shape index (κ2) is 7.39. The highest BCUT2D eigenvalue weighted by molar-refractivity contribution is 5.76. The van der Waals surface area contributed by atoms with E-state index in [2.05, 4.69) is 5.32 Å². The quantitative estimate of drug-likeness (QED) is 0.616. The van der Waals surface area contributed by atoms with Crippen LogP contribution in [-0.2, 0) is 4.79 Å². The summed E-state index contributed by atoms with van der Waals surface area (Å²) in [5, 5.41) is 22.3. The summed E-state index contributed by atoms with van der Waals surface area (Å²) in [5.74, 6) is -1.66. The number of rotatable bonds is 6. The molecular formula is C14H19N3O5. The first-order chi connectivity index (χ1) is 10.2. The number of carboxylic acids is 1. The van der Waals surface area contributed by atoms with Crippen molar-refractivity contribution in [2.75, 3.05) is 13.6 Å². The lowest BCUT2D eigenvalue weighted by atomic mass is 10.1. The largest absolute Gasteiger partial charge is 0.481 e. The number of hydrogen-bond donors (Lipinski definition) is 2. The molecule has 8 heteroatoms. The van der Waals surface area contributed by atoms with Crippen LogP contribution in [0.15, 0.2) is 24.3 Å². The molecule has 0 saturated heterocycles. The third-order valence-electron chi connectivity index (χ3n) is 3.24. The number of nitro benzene ring substituents is 1. The smallest absolute Gasteiger partial charge is 0.317 e. The van der Waals surface area contributed by atoms with E-state index in [4.69, 9.17) is 5.11 Å². The molecule has 2 atom stereocenters. The van der Waals surface area contributed by atoms with Crippen LogP contribution in [0, 0.1) is 16.0 Å². The van der Waals surface area contributed by atoms with E-state index >= 15 is 0 Å². The van der Waals surface area contributed by atoms with Gasteiger partial charge in [-0.15, -0.1) is 0 Å². The van der Waals surface area contributed by atoms with Crippen LogP contribution in [-0.4, -0.2) is 40.5 Å². The third kappa shape index (κ3) is 4.72. The van der Waals surface area contributed by atoms with Crippen molar-refractivity contribution in [3.05, 3.63) is 39.9 Å². The maximum absolute atomic E-state index is 12.0. The number of carboxylic acid groups (broad SMARTS) is 1. The first-order valence-corrected chi connectivity index (χ1v) is 6.71. The van der Waals surface area contributed by atoms with Gasteiger partial charge in [-0.05, 0) is 12.5 Å². The van der Waals surface area contributed by atoms with Crippen LogP contribution in [0.3, 0.4) is 0 Å². The second-order valence-electron chi connectivity index (χ2n) is 5.14. The van der Waals surface area contributed by atoms with E-state index in [-0.39, 0.29) is 12.2 Å². The lowest BCUT2D eigenvalue weighted by Gasteiger charge is -2.23. The fourth-order valence-corrected chi connectivity index (χ4v) is 1.86. The molecule has 120 valence electrons. The number of nitro groups is 1. The average Bonchev–Trinajstić information content (AvgIpc) is 2.46. The zero-order valence-electron chi connectivity index (χ0n) is 12.6. The minimum absolute atomic E-state index is 0.0496. The van der Waals surface area contributed by atoms with E-state index in [1.54, 1.807) is 19.1 Å². The Hall–Kier alpha value is -2.64. The van der Waals surface area contributed by atoms with Gasteiger partial charge in [0.05, 0.1) is 16.9 Å². The normalized spacial score (nSPS) is 13.0. The number of aliphatic carboxylic acids is 1. The van der Waals surface area contributed by atoms with Crippen molar-refractivity contribution in [2.45, 2.75) is 19.9 Å². The van der Waals surface area contributed by atoms with Gasteiger partial charge in [-0.1, -0.05) is 19.1 Å². The fourth-order valence-electron chi connectivity index (χ4n) is 1.86. The van der Waals surface area contributed by atoms with Crippen LogP contribution in [0.1, 0.15) is 25.5 Å². The molecule has 22 heavy (non-hydrogen) atoms. The Labute approximate surface area is 127 Å². The molecule has 8 nitrogen and oxygen atoms in total. The van der Waals surface area contributed by atoms with Gasteiger partial charge in [0, 0.05) is 25.7 Å². The first kappa shape index (κ1) is 17.4. The molecule has 2 N–H and O–H groups in total. The number of benzene rings is 1. The van der Waals surface area contributed by atoms with Gasteiger partial charge in [0.15, 0.2) is 0 Å². The van der Waals surface area contributed by atoms with Crippen molar-refractivity contribution >= 4 is 17.7 Å². The van der Waals surface area contributed by atoms with Gasteiger partial charge in [0.1, 0.15) is 0 Å². The highest BCUT2D eigenvalue weighted by Crippen LogP contribution is 2.19. The summed E-state index contributed by atoms with van der Waals surface area (Å²) in [5.41, 5.74) is 0.550. The molecule has 1 aromatic rings. The SMILES string of the molecule is CC(CN(C)C(=O)NC(C)c1cccc([N+](=O)[O-])c1)C(=O)O. The Morgan fingerprint density at radius 2 is 2.05 bits per heavy atom. The van der Waals surface area contributed by atoms with E-state index in [1.165, 1.54) is 31.0 Å². The topological polar surface area (TPSA) is 113 Å². The maximum atomic E-state index is 12.0. The van der Waals surface area contributed by atoms with Crippen LogP contribution in [0.25, 0.3) is 0 Å². The number of nitrogens with one attached hydrogen (secondary N) is 1. The number of urea groups is 1. The van der Waals surface area contributed by atoms with Gasteiger partial charge in [-0.3, -0.25) is 14.9 Å². The highest BCUT2D eigenvalue weighted by atomic mass is 16.6. The highest BCUT2D eigenvalue weighted by Gasteiger charge is 2.19. The number of carbonyl (C=O) groups excluding carboxylic acids is 1. The fraction of sp³-hybridized carbons (Fsp3) is 0.429. The number of hydrogen-bond acceptors (Lipinski definition) is 4. The molecule has 0 aromatic heterocycles. The van der Waals surface area contributed by atoms with E-state index in [0.29, 0.717) is 5.56 Å². The van der Waals surface area contributed by atoms with E-state index in [0.717, 1.165) is 0 Å². The predicted molar refractivity (Wildman–Crippen MR) is 79.5 cm³/mol. The number of amides is 2. The zero-order valence-corrected chi connectivity index (χ0v) is 12.6. The molecule has 0 bridgehead atoms. The summed E-state index contributed by atoms with van der Waals surface area (Å²) in [4.78, 5) is 34.3. The Kier molecular flexibility index (Phi) is 5.85. The summed E-state index contributed by atoms with van der Waals surface area (Å²) in [7, 11) is 1.49. The third-order valence-corrected chi connectivity index (χ3v) is 3.24. The molecule has 2 unspecified atom stereocenters. The van der Waals surface area contributed by atoms with Gasteiger partial charge in [-0.2, -0.15) is 0 Å². The van der Waals surface area contributed by atoms with E-state index < -0.39 is 28.9 Å². The molecule has 0 fully saturated rings. The van der Waals surface area contributed by atoms with Gasteiger partial charge < -0.3 is 15.3 Å². The van der Waals surface area contributed by atoms with Crippen LogP contribution < -0.4 is 5.32 Å². The molecule has 2 amide bonds. The van der Waals surface area contributed by atoms with Gasteiger partial charge in [0.2, 0.25) is 0 Å². The molecular weight excluding hydrogens is 290 g/mol. The zero-order chi connectivity index (χ0) is 16.9. The first-order valence-electron chi connectivity index (χ1n) is 6.71. The van der Waals surface area contributed by atoms with Crippen LogP contribution in [0.2, 0.25) is 0 Å². The van der Waals surface area contributed by atoms with Crippen LogP contribution >= 0.6 is 0 Å². The minimum Gasteiger partial charge on any atom is -0.481 e. The lowest BCUT2D eigenvalue weighted by molar-refractivity contribution is -0.384. The van der Waals surface area contributed by atoms with Crippen molar-refractivity contribution in [1.29, 1.82) is 0 Å². The summed E-state index contributed by atoms with van der Waals surface area (Å²) in [6.45, 7) is 3.28. The molecule has 0 spiro atoms. The van der Waals surface area contributed by atoms with Crippen molar-refractivity contribution in [1.82, 2.24) is 10.2 Å². The van der Waals surface area contributed by atoms with Crippen LogP contribution in [0.4, 0.5) is 10.5 Å². The minimum atomic E-state index is -0.980. The Morgan fingerprint density at radius 3 is 2.59 bits per heavy atom. The molecule has 0 heterocycles. The van der Waals surface area contributed by atoms with Crippen molar-refractivity contribution in [2.24, 2.45) is 5.92 Å². The molecule has 0 saturated carbocycles. The average molecular weight is 309 g/mol. The summed E-state index contributed by atoms with van der Waals surface area (Å²) in [6.07, 6.45) is 0. The van der Waals surface area contributed by atoms with Gasteiger partial charge in [0.25, 0.3) is 5.69 Å². The monoisotopic (exact) mass is 309 g/mol. The second-order valence-corrected chi connectivity index (χ2v) is 5.14. The molecule has 1 rings (SSSR count). The Morgan fingerprint density at radius 1 is 1.41 bits per heavy atom. The molecule has 0 aliphatic rings. The number of non-ortho nitro benzene ring substituents is 1. The molecule has 0 aliphatic heterocycles. The van der Waals surface area contributed by atoms with Crippen LogP contribution in [0.5, 0.6) is 0 Å². The standard InChI is InChI=1S/C14H19N3O5/c1-9(13(18)19)8-16(3)14(20)15-10(2)11-5-4-6-12(7-11)17(21)22/h4-7,9-10H,8H2,1-3H3,(H,15,20)(H,18,19). The number of carbonyl (C=O) groups is 2. The number of nitrogens with zero attached hydrogens (tertiary/aromatic N) is 2. The Balaban J connectivity index is 2.69. The lowest BCUT2D eigenvalue weighted by Crippen LogP contribution is -2.41. The maximum Gasteiger partial charge on any atom is 0.317 e. The van der Waals surface area contributed by atoms with Gasteiger partial charge in [-0.25, -0.2) is 4.79 Å². The summed E-state index contributed by atoms with van der Waals surface area (Å²) in [6, 6.07) is 5.12. The molecule has 0 aliphatic carbocycles. The summed E-state index contributed by atoms with van der Waals surface area (Å²) >= 11 is 0. The predicted octanol–water partition coefficient (Wildman–Crippen LogP) is 2.02. The van der Waals surface area contributed by atoms with Crippen molar-refractivity contribution in [3.63, 3.8) is 0 Å². The Bertz CT molecular complexity index is 575. The van der Waals surface area contributed by atoms with E-state index in [1.807, 2.05) is 0 Å². The van der Waals surface area contributed by atoms with Crippen molar-refractivity contribution < 1.29 is 19.6 Å². The van der Waals surface area contributed by atoms with Crippen molar-refractivity contribution in [3.8, 4) is 0 Å². The molecule has 0 radical (unpaired) electrons. The van der Waals surface area contributed by atoms with E-state index in [9.17, 15) is 19.7 Å².